The van der Waals surface area contributed by atoms with Gasteiger partial charge >= 0.3 is 0 Å². The third-order valence-corrected chi connectivity index (χ3v) is 4.82. The number of benzene rings is 1. The minimum absolute atomic E-state index is 0.142. The summed E-state index contributed by atoms with van der Waals surface area (Å²) in [6.45, 7) is 5.81. The zero-order valence-electron chi connectivity index (χ0n) is 16.2. The zero-order valence-corrected chi connectivity index (χ0v) is 16.2. The molecule has 1 aliphatic rings. The zero-order chi connectivity index (χ0) is 19.8. The minimum atomic E-state index is -0.336. The number of carbonyl (C=O) groups excluding carboxylic acids is 2. The number of aromatic nitrogens is 2. The Hall–Kier alpha value is -2.80. The maximum absolute atomic E-state index is 12.1. The van der Waals surface area contributed by atoms with E-state index in [9.17, 15) is 9.59 Å². The van der Waals surface area contributed by atoms with Crippen LogP contribution in [0, 0.1) is 5.92 Å². The molecule has 1 saturated heterocycles. The Morgan fingerprint density at radius 3 is 2.75 bits per heavy atom. The summed E-state index contributed by atoms with van der Waals surface area (Å²) in [7, 11) is 0. The van der Waals surface area contributed by atoms with Gasteiger partial charge in [0.15, 0.2) is 0 Å². The van der Waals surface area contributed by atoms with Crippen molar-refractivity contribution < 1.29 is 9.59 Å². The minimum Gasteiger partial charge on any atom is -0.350 e. The molecule has 0 unspecified atom stereocenters. The first-order chi connectivity index (χ1) is 13.6. The van der Waals surface area contributed by atoms with Crippen molar-refractivity contribution in [3.05, 3.63) is 54.1 Å². The fraction of sp³-hybridized carbons (Fsp3) is 0.429. The molecule has 2 N–H and O–H groups in total. The summed E-state index contributed by atoms with van der Waals surface area (Å²) in [6.07, 6.45) is 7.13. The highest BCUT2D eigenvalue weighted by Crippen LogP contribution is 2.18. The average Bonchev–Trinajstić information content (AvgIpc) is 2.70. The molecule has 0 bridgehead atoms. The van der Waals surface area contributed by atoms with E-state index in [1.807, 2.05) is 12.1 Å². The van der Waals surface area contributed by atoms with Gasteiger partial charge in [0.2, 0.25) is 5.91 Å². The van der Waals surface area contributed by atoms with Gasteiger partial charge in [0, 0.05) is 44.1 Å². The number of piperidine rings is 1. The molecule has 0 aliphatic carbocycles. The number of hydrogen-bond acceptors (Lipinski definition) is 5. The van der Waals surface area contributed by atoms with Crippen LogP contribution in [0.2, 0.25) is 0 Å². The van der Waals surface area contributed by atoms with Gasteiger partial charge in [-0.05, 0) is 43.0 Å². The smallest absolute Gasteiger partial charge is 0.271 e. The number of likely N-dealkylation sites (tertiary alicyclic amines) is 1. The van der Waals surface area contributed by atoms with Crippen molar-refractivity contribution in [2.24, 2.45) is 5.92 Å². The molecule has 1 atom stereocenters. The van der Waals surface area contributed by atoms with Gasteiger partial charge in [-0.1, -0.05) is 19.1 Å². The molecule has 1 aromatic heterocycles. The Morgan fingerprint density at radius 1 is 1.21 bits per heavy atom. The standard InChI is InChI=1S/C21H27N5O2/c1-16-3-2-12-26(14-16)15-17-4-6-18(7-5-17)25-20(27)8-9-24-21(28)19-13-22-10-11-23-19/h4-7,10-11,13,16H,2-3,8-9,12,14-15H2,1H3,(H,24,28)(H,25,27)/t16-/m0/s1. The number of rotatable bonds is 7. The molecule has 2 amide bonds. The van der Waals surface area contributed by atoms with Gasteiger partial charge in [-0.15, -0.1) is 0 Å². The van der Waals surface area contributed by atoms with E-state index in [4.69, 9.17) is 0 Å². The van der Waals surface area contributed by atoms with Crippen LogP contribution in [0.25, 0.3) is 0 Å². The van der Waals surface area contributed by atoms with E-state index >= 15 is 0 Å². The van der Waals surface area contributed by atoms with Gasteiger partial charge in [0.1, 0.15) is 5.69 Å². The number of carbonyl (C=O) groups is 2. The second-order valence-corrected chi connectivity index (χ2v) is 7.32. The van der Waals surface area contributed by atoms with Crippen molar-refractivity contribution in [1.29, 1.82) is 0 Å². The maximum Gasteiger partial charge on any atom is 0.271 e. The second kappa shape index (κ2) is 9.94. The van der Waals surface area contributed by atoms with Crippen LogP contribution in [0.4, 0.5) is 5.69 Å². The van der Waals surface area contributed by atoms with Crippen molar-refractivity contribution >= 4 is 17.5 Å². The van der Waals surface area contributed by atoms with Crippen LogP contribution < -0.4 is 10.6 Å². The quantitative estimate of drug-likeness (QED) is 0.769. The van der Waals surface area contributed by atoms with Gasteiger partial charge in [0.05, 0.1) is 6.20 Å². The largest absolute Gasteiger partial charge is 0.350 e. The lowest BCUT2D eigenvalue weighted by Gasteiger charge is -2.30. The normalized spacial score (nSPS) is 17.1. The van der Waals surface area contributed by atoms with Crippen LogP contribution in [0.5, 0.6) is 0 Å². The molecule has 0 spiro atoms. The molecule has 0 radical (unpaired) electrons. The Balaban J connectivity index is 1.40. The lowest BCUT2D eigenvalue weighted by atomic mass is 10.00. The Morgan fingerprint density at radius 2 is 2.04 bits per heavy atom. The third-order valence-electron chi connectivity index (χ3n) is 4.82. The molecule has 1 fully saturated rings. The lowest BCUT2D eigenvalue weighted by Crippen LogP contribution is -2.33. The molecule has 28 heavy (non-hydrogen) atoms. The summed E-state index contributed by atoms with van der Waals surface area (Å²) in [4.78, 5) is 34.2. The fourth-order valence-electron chi connectivity index (χ4n) is 3.40. The number of anilines is 1. The summed E-state index contributed by atoms with van der Waals surface area (Å²) >= 11 is 0. The van der Waals surface area contributed by atoms with E-state index in [0.717, 1.165) is 31.2 Å². The first-order valence-corrected chi connectivity index (χ1v) is 9.75. The molecular formula is C21H27N5O2. The number of nitrogens with zero attached hydrogens (tertiary/aromatic N) is 3. The number of nitrogens with one attached hydrogen (secondary N) is 2. The first kappa shape index (κ1) is 19.9. The Labute approximate surface area is 165 Å². The highest BCUT2D eigenvalue weighted by atomic mass is 16.2. The van der Waals surface area contributed by atoms with Crippen LogP contribution in [-0.4, -0.2) is 46.3 Å². The summed E-state index contributed by atoms with van der Waals surface area (Å²) in [5, 5.41) is 5.53. The molecule has 7 nitrogen and oxygen atoms in total. The molecular weight excluding hydrogens is 354 g/mol. The highest BCUT2D eigenvalue weighted by molar-refractivity contribution is 5.93. The van der Waals surface area contributed by atoms with E-state index in [2.05, 4.69) is 44.6 Å². The SMILES string of the molecule is C[C@H]1CCCN(Cc2ccc(NC(=O)CCNC(=O)c3cnccn3)cc2)C1. The second-order valence-electron chi connectivity index (χ2n) is 7.32. The van der Waals surface area contributed by atoms with Gasteiger partial charge in [-0.25, -0.2) is 4.98 Å². The van der Waals surface area contributed by atoms with E-state index < -0.39 is 0 Å². The van der Waals surface area contributed by atoms with Gasteiger partial charge in [0.25, 0.3) is 5.91 Å². The Bertz CT molecular complexity index is 779. The average molecular weight is 381 g/mol. The molecule has 2 aromatic rings. The molecule has 148 valence electrons. The van der Waals surface area contributed by atoms with Crippen molar-refractivity contribution in [2.45, 2.75) is 32.7 Å². The summed E-state index contributed by atoms with van der Waals surface area (Å²) in [5.41, 5.74) is 2.26. The predicted molar refractivity (Wildman–Crippen MR) is 108 cm³/mol. The molecule has 0 saturated carbocycles. The van der Waals surface area contributed by atoms with Gasteiger partial charge in [-0.3, -0.25) is 19.5 Å². The molecule has 1 aliphatic heterocycles. The monoisotopic (exact) mass is 381 g/mol. The lowest BCUT2D eigenvalue weighted by molar-refractivity contribution is -0.116. The first-order valence-electron chi connectivity index (χ1n) is 9.75. The summed E-state index contributed by atoms with van der Waals surface area (Å²) in [5.74, 6) is 0.288. The van der Waals surface area contributed by atoms with E-state index in [-0.39, 0.29) is 30.5 Å². The van der Waals surface area contributed by atoms with Crippen LogP contribution in [0.1, 0.15) is 42.2 Å². The third kappa shape index (κ3) is 6.13. The maximum atomic E-state index is 12.1. The van der Waals surface area contributed by atoms with Gasteiger partial charge < -0.3 is 10.6 Å². The molecule has 2 heterocycles. The van der Waals surface area contributed by atoms with Gasteiger partial charge in [-0.2, -0.15) is 0 Å². The van der Waals surface area contributed by atoms with E-state index in [1.165, 1.54) is 37.0 Å². The van der Waals surface area contributed by atoms with E-state index in [1.54, 1.807) is 0 Å². The van der Waals surface area contributed by atoms with Crippen molar-refractivity contribution in [3.8, 4) is 0 Å². The van der Waals surface area contributed by atoms with Crippen molar-refractivity contribution in [2.75, 3.05) is 25.0 Å². The molecule has 3 rings (SSSR count). The van der Waals surface area contributed by atoms with Crippen LogP contribution in [-0.2, 0) is 11.3 Å². The number of amides is 2. The topological polar surface area (TPSA) is 87.2 Å². The molecule has 1 aromatic carbocycles. The Kier molecular flexibility index (Phi) is 7.08. The summed E-state index contributed by atoms with van der Waals surface area (Å²) < 4.78 is 0. The van der Waals surface area contributed by atoms with Crippen molar-refractivity contribution in [3.63, 3.8) is 0 Å². The predicted octanol–water partition coefficient (Wildman–Crippen LogP) is 2.47. The van der Waals surface area contributed by atoms with Crippen LogP contribution >= 0.6 is 0 Å². The van der Waals surface area contributed by atoms with Crippen LogP contribution in [0.15, 0.2) is 42.9 Å². The molecule has 7 heteroatoms. The van der Waals surface area contributed by atoms with Crippen LogP contribution in [0.3, 0.4) is 0 Å². The van der Waals surface area contributed by atoms with Crippen molar-refractivity contribution in [1.82, 2.24) is 20.2 Å². The fourth-order valence-corrected chi connectivity index (χ4v) is 3.40. The van der Waals surface area contributed by atoms with E-state index in [0.29, 0.717) is 0 Å². The summed E-state index contributed by atoms with van der Waals surface area (Å²) in [6, 6.07) is 7.98. The number of hydrogen-bond donors (Lipinski definition) is 2. The highest BCUT2D eigenvalue weighted by Gasteiger charge is 2.16.